The van der Waals surface area contributed by atoms with E-state index in [1.165, 1.54) is 58.7 Å². The van der Waals surface area contributed by atoms with Crippen molar-refractivity contribution in [3.63, 3.8) is 0 Å². The number of hydrogen-bond acceptors (Lipinski definition) is 0. The summed E-state index contributed by atoms with van der Waals surface area (Å²) in [6.45, 7) is 0. The molecular formula is C26H23Cl2HfN. The molecule has 30 heavy (non-hydrogen) atoms. The number of fused-ring (bicyclic) bond motifs is 4. The first-order chi connectivity index (χ1) is 13.4. The van der Waals surface area contributed by atoms with Crippen LogP contribution in [0.25, 0.3) is 27.4 Å². The molecule has 0 aliphatic heterocycles. The molecule has 0 fully saturated rings. The predicted octanol–water partition coefficient (Wildman–Crippen LogP) is 0.693. The summed E-state index contributed by atoms with van der Waals surface area (Å²) in [5.74, 6) is 0. The van der Waals surface area contributed by atoms with Crippen molar-refractivity contribution in [1.82, 2.24) is 4.57 Å². The van der Waals surface area contributed by atoms with Crippen LogP contribution in [0.5, 0.6) is 0 Å². The topological polar surface area (TPSA) is 4.93 Å². The number of hydrogen-bond donors (Lipinski definition) is 0. The Bertz CT molecular complexity index is 1120. The first-order valence-electron chi connectivity index (χ1n) is 9.90. The molecule has 1 heterocycles. The van der Waals surface area contributed by atoms with E-state index in [0.717, 1.165) is 6.42 Å². The van der Waals surface area contributed by atoms with Gasteiger partial charge in [-0.2, -0.15) is 6.08 Å². The number of aryl methyl sites for hydroxylation is 1. The molecule has 3 aromatic carbocycles. The van der Waals surface area contributed by atoms with Gasteiger partial charge in [-0.1, -0.05) is 24.3 Å². The molecular weight excluding hydrogens is 576 g/mol. The summed E-state index contributed by atoms with van der Waals surface area (Å²) in [4.78, 5) is 0. The zero-order valence-electron chi connectivity index (χ0n) is 16.7. The molecule has 0 saturated carbocycles. The maximum absolute atomic E-state index is 2.99. The molecule has 0 saturated heterocycles. The average Bonchev–Trinajstić information content (AvgIpc) is 3.46. The Morgan fingerprint density at radius 1 is 0.900 bits per heavy atom. The van der Waals surface area contributed by atoms with Gasteiger partial charge in [-0.15, -0.1) is 47.5 Å². The molecule has 150 valence electrons. The number of halogens is 2. The summed E-state index contributed by atoms with van der Waals surface area (Å²) in [5, 5.41) is 4.11. The molecule has 1 aromatic heterocycles. The smallest absolute Gasteiger partial charge is 1.00 e. The Balaban J connectivity index is 0.000000356. The van der Waals surface area contributed by atoms with Crippen LogP contribution in [-0.4, -0.2) is 4.57 Å². The first-order valence-corrected chi connectivity index (χ1v) is 9.90. The normalized spacial score (nSPS) is 13.6. The van der Waals surface area contributed by atoms with Crippen LogP contribution >= 0.6 is 0 Å². The fourth-order valence-electron chi connectivity index (χ4n) is 4.39. The summed E-state index contributed by atoms with van der Waals surface area (Å²) in [6, 6.07) is 22.2. The van der Waals surface area contributed by atoms with Crippen LogP contribution in [0.3, 0.4) is 0 Å². The fourth-order valence-corrected chi connectivity index (χ4v) is 4.39. The van der Waals surface area contributed by atoms with Gasteiger partial charge in [0.1, 0.15) is 0 Å². The van der Waals surface area contributed by atoms with Crippen molar-refractivity contribution in [2.24, 2.45) is 0 Å². The minimum atomic E-state index is 0. The van der Waals surface area contributed by atoms with Gasteiger partial charge in [0.15, 0.2) is 0 Å². The number of benzene rings is 2. The van der Waals surface area contributed by atoms with Crippen molar-refractivity contribution in [2.45, 2.75) is 32.1 Å². The minimum Gasteiger partial charge on any atom is -1.00 e. The number of aromatic nitrogens is 1. The minimum absolute atomic E-state index is 0. The van der Waals surface area contributed by atoms with Crippen LogP contribution in [-0.2, 0) is 38.7 Å². The number of nitrogens with zero attached hydrogens (tertiary/aromatic N) is 1. The SMILES string of the molecule is [C-]1=CC=CC1.[Cl-].[Cl-].[Hf+4].c1ccc2[cH-]c(-n3c4c(c5ccccc53)CCCC4)cc2c1. The van der Waals surface area contributed by atoms with Gasteiger partial charge in [0.25, 0.3) is 0 Å². The van der Waals surface area contributed by atoms with Gasteiger partial charge in [0, 0.05) is 11.1 Å². The van der Waals surface area contributed by atoms with E-state index >= 15 is 0 Å². The van der Waals surface area contributed by atoms with Gasteiger partial charge in [0.2, 0.25) is 0 Å². The Labute approximate surface area is 209 Å². The average molecular weight is 599 g/mol. The zero-order valence-corrected chi connectivity index (χ0v) is 21.8. The third kappa shape index (κ3) is 4.72. The van der Waals surface area contributed by atoms with Crippen molar-refractivity contribution < 1.29 is 50.7 Å². The van der Waals surface area contributed by atoms with Crippen LogP contribution in [0.1, 0.15) is 30.5 Å². The van der Waals surface area contributed by atoms with Crippen LogP contribution in [0.2, 0.25) is 0 Å². The molecule has 0 bridgehead atoms. The number of allylic oxidation sites excluding steroid dienone is 4. The third-order valence-electron chi connectivity index (χ3n) is 5.63. The van der Waals surface area contributed by atoms with E-state index < -0.39 is 0 Å². The van der Waals surface area contributed by atoms with E-state index in [4.69, 9.17) is 0 Å². The maximum atomic E-state index is 2.99. The van der Waals surface area contributed by atoms with E-state index in [-0.39, 0.29) is 50.7 Å². The fraction of sp³-hybridized carbons (Fsp3) is 0.192. The van der Waals surface area contributed by atoms with Gasteiger partial charge < -0.3 is 29.4 Å². The van der Waals surface area contributed by atoms with Gasteiger partial charge in [0.05, 0.1) is 5.52 Å². The monoisotopic (exact) mass is 599 g/mol. The maximum Gasteiger partial charge on any atom is 4.00 e. The van der Waals surface area contributed by atoms with Crippen molar-refractivity contribution in [2.75, 3.05) is 0 Å². The van der Waals surface area contributed by atoms with Gasteiger partial charge in [-0.05, 0) is 43.0 Å². The second kappa shape index (κ2) is 11.2. The standard InChI is InChI=1S/C21H18N.C5H5.2ClH.Hf/c1-2-8-16-14-17(13-15(16)7-1)22-20-11-5-3-9-18(20)19-10-4-6-12-21(19)22;1-2-4-5-3-1;;;/h1-3,5,7-9,11,13-14H,4,6,10,12H2;1-3H,4H2;2*1H;/q2*-1;;;+4/p-2. The molecule has 0 spiro atoms. The molecule has 2 aliphatic carbocycles. The van der Waals surface area contributed by atoms with Crippen LogP contribution in [0, 0.1) is 6.08 Å². The largest absolute Gasteiger partial charge is 4.00 e. The molecule has 4 heteroatoms. The summed E-state index contributed by atoms with van der Waals surface area (Å²) in [5.41, 5.74) is 5.79. The number of rotatable bonds is 1. The zero-order chi connectivity index (χ0) is 18.1. The summed E-state index contributed by atoms with van der Waals surface area (Å²) in [6.07, 6.45) is 15.1. The Hall–Kier alpha value is -1.48. The van der Waals surface area contributed by atoms with Gasteiger partial charge in [-0.3, -0.25) is 6.08 Å². The second-order valence-electron chi connectivity index (χ2n) is 7.33. The van der Waals surface area contributed by atoms with Crippen LogP contribution < -0.4 is 24.8 Å². The van der Waals surface area contributed by atoms with Gasteiger partial charge in [-0.25, -0.2) is 12.2 Å². The molecule has 0 radical (unpaired) electrons. The Morgan fingerprint density at radius 3 is 2.40 bits per heavy atom. The van der Waals surface area contributed by atoms with Crippen molar-refractivity contribution in [3.05, 3.63) is 96.2 Å². The molecule has 6 rings (SSSR count). The Morgan fingerprint density at radius 2 is 1.67 bits per heavy atom. The van der Waals surface area contributed by atoms with Crippen LogP contribution in [0.15, 0.2) is 78.9 Å². The molecule has 0 N–H and O–H groups in total. The van der Waals surface area contributed by atoms with E-state index in [0.29, 0.717) is 0 Å². The number of para-hydroxylation sites is 1. The molecule has 0 unspecified atom stereocenters. The Kier molecular flexibility index (Phi) is 9.28. The summed E-state index contributed by atoms with van der Waals surface area (Å²) in [7, 11) is 0. The van der Waals surface area contributed by atoms with Crippen molar-refractivity contribution in [1.29, 1.82) is 0 Å². The quantitative estimate of drug-likeness (QED) is 0.225. The molecule has 0 amide bonds. The van der Waals surface area contributed by atoms with E-state index in [1.807, 2.05) is 12.2 Å². The van der Waals surface area contributed by atoms with E-state index in [2.05, 4.69) is 77.4 Å². The summed E-state index contributed by atoms with van der Waals surface area (Å²) >= 11 is 0. The predicted molar refractivity (Wildman–Crippen MR) is 115 cm³/mol. The third-order valence-corrected chi connectivity index (χ3v) is 5.63. The molecule has 0 atom stereocenters. The molecule has 4 aromatic rings. The van der Waals surface area contributed by atoms with Crippen molar-refractivity contribution in [3.8, 4) is 5.69 Å². The van der Waals surface area contributed by atoms with E-state index in [1.54, 1.807) is 5.56 Å². The van der Waals surface area contributed by atoms with Gasteiger partial charge >= 0.3 is 25.8 Å². The first kappa shape index (κ1) is 24.8. The molecule has 1 nitrogen and oxygen atoms in total. The van der Waals surface area contributed by atoms with E-state index in [9.17, 15) is 0 Å². The van der Waals surface area contributed by atoms with Crippen LogP contribution in [0.4, 0.5) is 0 Å². The summed E-state index contributed by atoms with van der Waals surface area (Å²) < 4.78 is 2.50. The second-order valence-corrected chi connectivity index (χ2v) is 7.33. The molecule has 2 aliphatic rings. The van der Waals surface area contributed by atoms with Crippen molar-refractivity contribution >= 4 is 21.7 Å².